The molecule has 1 fully saturated rings. The Balaban J connectivity index is 2.15. The number of aryl methyl sites for hydroxylation is 2. The molecule has 0 bridgehead atoms. The number of nitrogens with zero attached hydrogens (tertiary/aromatic N) is 2. The zero-order valence-electron chi connectivity index (χ0n) is 12.0. The number of hydrogen-bond donors (Lipinski definition) is 2. The van der Waals surface area contributed by atoms with Gasteiger partial charge in [-0.2, -0.15) is 5.10 Å². The van der Waals surface area contributed by atoms with E-state index in [1.807, 2.05) is 0 Å². The molecule has 0 saturated carbocycles. The lowest BCUT2D eigenvalue weighted by Gasteiger charge is -2.31. The van der Waals surface area contributed by atoms with Crippen LogP contribution in [0, 0.1) is 13.8 Å². The Labute approximate surface area is 119 Å². The molecule has 0 radical (unpaired) electrons. The molecule has 20 heavy (non-hydrogen) atoms. The van der Waals surface area contributed by atoms with Crippen LogP contribution >= 0.6 is 0 Å². The monoisotopic (exact) mass is 303 g/mol. The minimum Gasteiger partial charge on any atom is -0.388 e. The number of nitrogens with one attached hydrogen (secondary N) is 1. The van der Waals surface area contributed by atoms with E-state index in [-0.39, 0.29) is 11.4 Å². The fourth-order valence-electron chi connectivity index (χ4n) is 2.37. The second-order valence-electron chi connectivity index (χ2n) is 5.28. The van der Waals surface area contributed by atoms with Crippen LogP contribution in [0.5, 0.6) is 0 Å². The summed E-state index contributed by atoms with van der Waals surface area (Å²) >= 11 is 0. The zero-order valence-corrected chi connectivity index (χ0v) is 12.8. The SMILES string of the molecule is Cc1nn(C)c(C)c1S(=O)(=O)NCC1(O)CCOCC1. The molecule has 1 saturated heterocycles. The van der Waals surface area contributed by atoms with Crippen molar-refractivity contribution >= 4 is 10.0 Å². The van der Waals surface area contributed by atoms with Gasteiger partial charge in [-0.15, -0.1) is 0 Å². The van der Waals surface area contributed by atoms with Crippen LogP contribution in [-0.4, -0.2) is 48.7 Å². The third-order valence-electron chi connectivity index (χ3n) is 3.73. The van der Waals surface area contributed by atoms with Crippen molar-refractivity contribution in [3.05, 3.63) is 11.4 Å². The predicted molar refractivity (Wildman–Crippen MR) is 72.9 cm³/mol. The van der Waals surface area contributed by atoms with E-state index in [1.54, 1.807) is 20.9 Å². The van der Waals surface area contributed by atoms with Gasteiger partial charge in [-0.05, 0) is 13.8 Å². The predicted octanol–water partition coefficient (Wildman–Crippen LogP) is -0.143. The van der Waals surface area contributed by atoms with Gasteiger partial charge in [0.15, 0.2) is 0 Å². The van der Waals surface area contributed by atoms with E-state index in [0.29, 0.717) is 37.4 Å². The lowest BCUT2D eigenvalue weighted by molar-refractivity contribution is -0.0588. The molecule has 0 aromatic carbocycles. The van der Waals surface area contributed by atoms with E-state index in [4.69, 9.17) is 4.74 Å². The van der Waals surface area contributed by atoms with Crippen LogP contribution in [0.2, 0.25) is 0 Å². The summed E-state index contributed by atoms with van der Waals surface area (Å²) in [5, 5.41) is 14.4. The first-order valence-electron chi connectivity index (χ1n) is 6.55. The number of hydrogen-bond acceptors (Lipinski definition) is 5. The highest BCUT2D eigenvalue weighted by Crippen LogP contribution is 2.22. The first-order chi connectivity index (χ1) is 9.25. The average Bonchev–Trinajstić information content (AvgIpc) is 2.63. The van der Waals surface area contributed by atoms with Crippen molar-refractivity contribution in [1.29, 1.82) is 0 Å². The first kappa shape index (κ1) is 15.4. The summed E-state index contributed by atoms with van der Waals surface area (Å²) in [5.74, 6) is 0. The van der Waals surface area contributed by atoms with Crippen molar-refractivity contribution < 1.29 is 18.3 Å². The maximum Gasteiger partial charge on any atom is 0.244 e. The number of ether oxygens (including phenoxy) is 1. The second kappa shape index (κ2) is 5.44. The van der Waals surface area contributed by atoms with Crippen molar-refractivity contribution in [3.8, 4) is 0 Å². The van der Waals surface area contributed by atoms with Crippen LogP contribution in [0.15, 0.2) is 4.90 Å². The Morgan fingerprint density at radius 1 is 1.40 bits per heavy atom. The molecule has 1 aromatic heterocycles. The van der Waals surface area contributed by atoms with Crippen LogP contribution in [0.4, 0.5) is 0 Å². The van der Waals surface area contributed by atoms with Crippen LogP contribution in [-0.2, 0) is 21.8 Å². The van der Waals surface area contributed by atoms with Gasteiger partial charge in [0.05, 0.1) is 17.0 Å². The number of rotatable bonds is 4. The van der Waals surface area contributed by atoms with Gasteiger partial charge < -0.3 is 9.84 Å². The average molecular weight is 303 g/mol. The highest BCUT2D eigenvalue weighted by atomic mass is 32.2. The van der Waals surface area contributed by atoms with Crippen molar-refractivity contribution in [2.45, 2.75) is 37.2 Å². The van der Waals surface area contributed by atoms with Crippen molar-refractivity contribution in [1.82, 2.24) is 14.5 Å². The maximum absolute atomic E-state index is 12.4. The van der Waals surface area contributed by atoms with Crippen molar-refractivity contribution in [2.75, 3.05) is 19.8 Å². The molecule has 0 atom stereocenters. The summed E-state index contributed by atoms with van der Waals surface area (Å²) in [6, 6.07) is 0. The van der Waals surface area contributed by atoms with Gasteiger partial charge in [-0.1, -0.05) is 0 Å². The number of aliphatic hydroxyl groups is 1. The van der Waals surface area contributed by atoms with Gasteiger partial charge in [0.2, 0.25) is 10.0 Å². The van der Waals surface area contributed by atoms with E-state index in [1.165, 1.54) is 4.68 Å². The highest BCUT2D eigenvalue weighted by Gasteiger charge is 2.32. The molecule has 0 unspecified atom stereocenters. The molecule has 1 aliphatic rings. The molecule has 2 heterocycles. The second-order valence-corrected chi connectivity index (χ2v) is 6.99. The summed E-state index contributed by atoms with van der Waals surface area (Å²) in [4.78, 5) is 0.190. The molecule has 8 heteroatoms. The fourth-order valence-corrected chi connectivity index (χ4v) is 3.93. The van der Waals surface area contributed by atoms with Crippen LogP contribution in [0.1, 0.15) is 24.2 Å². The molecular weight excluding hydrogens is 282 g/mol. The molecule has 0 aliphatic carbocycles. The van der Waals surface area contributed by atoms with Gasteiger partial charge in [-0.3, -0.25) is 4.68 Å². The topological polar surface area (TPSA) is 93.5 Å². The molecule has 2 rings (SSSR count). The quantitative estimate of drug-likeness (QED) is 0.807. The van der Waals surface area contributed by atoms with Gasteiger partial charge >= 0.3 is 0 Å². The largest absolute Gasteiger partial charge is 0.388 e. The van der Waals surface area contributed by atoms with Crippen molar-refractivity contribution in [3.63, 3.8) is 0 Å². The lowest BCUT2D eigenvalue weighted by atomic mass is 9.95. The van der Waals surface area contributed by atoms with Gasteiger partial charge in [0, 0.05) is 39.6 Å². The molecule has 0 amide bonds. The van der Waals surface area contributed by atoms with Crippen LogP contribution in [0.3, 0.4) is 0 Å². The molecule has 2 N–H and O–H groups in total. The summed E-state index contributed by atoms with van der Waals surface area (Å²) in [5.41, 5.74) is 0.000407. The first-order valence-corrected chi connectivity index (χ1v) is 8.03. The van der Waals surface area contributed by atoms with Gasteiger partial charge in [0.1, 0.15) is 4.90 Å². The normalized spacial score (nSPS) is 19.2. The standard InChI is InChI=1S/C12H21N3O4S/c1-9-11(10(2)15(3)14-9)20(17,18)13-8-12(16)4-6-19-7-5-12/h13,16H,4-8H2,1-3H3. The number of sulfonamides is 1. The minimum absolute atomic E-state index is 0.00747. The summed E-state index contributed by atoms with van der Waals surface area (Å²) in [6.45, 7) is 4.25. The molecule has 1 aromatic rings. The Bertz CT molecular complexity index is 588. The van der Waals surface area contributed by atoms with E-state index < -0.39 is 15.6 Å². The van der Waals surface area contributed by atoms with E-state index in [0.717, 1.165) is 0 Å². The fraction of sp³-hybridized carbons (Fsp3) is 0.750. The smallest absolute Gasteiger partial charge is 0.244 e. The molecule has 114 valence electrons. The third-order valence-corrected chi connectivity index (χ3v) is 5.38. The highest BCUT2D eigenvalue weighted by molar-refractivity contribution is 7.89. The van der Waals surface area contributed by atoms with E-state index >= 15 is 0 Å². The van der Waals surface area contributed by atoms with Crippen LogP contribution < -0.4 is 4.72 Å². The molecular formula is C12H21N3O4S. The zero-order chi connectivity index (χ0) is 15.0. The van der Waals surface area contributed by atoms with Gasteiger partial charge in [0.25, 0.3) is 0 Å². The van der Waals surface area contributed by atoms with Crippen molar-refractivity contribution in [2.24, 2.45) is 7.05 Å². The molecule has 1 aliphatic heterocycles. The number of aromatic nitrogens is 2. The van der Waals surface area contributed by atoms with E-state index in [2.05, 4.69) is 9.82 Å². The maximum atomic E-state index is 12.4. The van der Waals surface area contributed by atoms with Crippen LogP contribution in [0.25, 0.3) is 0 Å². The Kier molecular flexibility index (Phi) is 4.19. The summed E-state index contributed by atoms with van der Waals surface area (Å²) in [7, 11) is -1.97. The third kappa shape index (κ3) is 3.03. The molecule has 7 nitrogen and oxygen atoms in total. The summed E-state index contributed by atoms with van der Waals surface area (Å²) < 4.78 is 33.9. The Morgan fingerprint density at radius 3 is 2.50 bits per heavy atom. The minimum atomic E-state index is -3.67. The van der Waals surface area contributed by atoms with Gasteiger partial charge in [-0.25, -0.2) is 13.1 Å². The lowest BCUT2D eigenvalue weighted by Crippen LogP contribution is -2.46. The molecule has 0 spiro atoms. The Hall–Kier alpha value is -0.960. The Morgan fingerprint density at radius 2 is 2.00 bits per heavy atom. The summed E-state index contributed by atoms with van der Waals surface area (Å²) in [6.07, 6.45) is 0.862. The van der Waals surface area contributed by atoms with E-state index in [9.17, 15) is 13.5 Å².